The summed E-state index contributed by atoms with van der Waals surface area (Å²) in [5.41, 5.74) is 2.39. The molecule has 0 unspecified atom stereocenters. The molecule has 2 nitrogen and oxygen atoms in total. The summed E-state index contributed by atoms with van der Waals surface area (Å²) in [4.78, 5) is 11.9. The summed E-state index contributed by atoms with van der Waals surface area (Å²) in [5, 5.41) is 0. The molecule has 0 spiro atoms. The Labute approximate surface area is 88.8 Å². The van der Waals surface area contributed by atoms with Crippen LogP contribution >= 0.6 is 0 Å². The number of fused-ring (bicyclic) bond motifs is 1. The van der Waals surface area contributed by atoms with E-state index in [-0.39, 0.29) is 0 Å². The van der Waals surface area contributed by atoms with Gasteiger partial charge < -0.3 is 0 Å². The average molecular weight is 295 g/mol. The van der Waals surface area contributed by atoms with Gasteiger partial charge in [0.2, 0.25) is 0 Å². The van der Waals surface area contributed by atoms with Gasteiger partial charge in [0, 0.05) is 0 Å². The third kappa shape index (κ3) is 1.56. The number of hydrogen-bond acceptors (Lipinski definition) is 1. The number of para-hydroxylation sites is 2. The van der Waals surface area contributed by atoms with Crippen molar-refractivity contribution in [2.75, 3.05) is 0 Å². The molecule has 0 saturated carbocycles. The summed E-state index contributed by atoms with van der Waals surface area (Å²) >= 11 is -2.03. The van der Waals surface area contributed by atoms with Gasteiger partial charge in [-0.05, 0) is 0 Å². The molecule has 2 rings (SSSR count). The van der Waals surface area contributed by atoms with Crippen molar-refractivity contribution in [3.63, 3.8) is 0 Å². The summed E-state index contributed by atoms with van der Waals surface area (Å²) in [6.07, 6.45) is 0. The molecule has 0 bridgehead atoms. The first-order valence-electron chi connectivity index (χ1n) is 4.92. The predicted octanol–water partition coefficient (Wildman–Crippen LogP) is 2.12. The zero-order chi connectivity index (χ0) is 10.3. The molecule has 2 aromatic rings. The van der Waals surface area contributed by atoms with Crippen LogP contribution in [-0.2, 0) is 7.05 Å². The Morgan fingerprint density at radius 3 is 2.36 bits per heavy atom. The van der Waals surface area contributed by atoms with E-state index in [9.17, 15) is 0 Å². The van der Waals surface area contributed by atoms with E-state index in [0.29, 0.717) is 0 Å². The van der Waals surface area contributed by atoms with Crippen molar-refractivity contribution in [1.82, 2.24) is 9.55 Å². The van der Waals surface area contributed by atoms with Crippen molar-refractivity contribution < 1.29 is 0 Å². The monoisotopic (exact) mass is 296 g/mol. The van der Waals surface area contributed by atoms with Crippen molar-refractivity contribution in [2.24, 2.45) is 7.05 Å². The quantitative estimate of drug-likeness (QED) is 0.737. The van der Waals surface area contributed by atoms with Crippen LogP contribution in [0, 0.1) is 0 Å². The molecule has 1 aromatic heterocycles. The summed E-state index contributed by atoms with van der Waals surface area (Å²) in [6, 6.07) is 8.36. The van der Waals surface area contributed by atoms with E-state index < -0.39 is 18.4 Å². The fourth-order valence-corrected chi connectivity index (χ4v) is 6.33. The van der Waals surface area contributed by atoms with Crippen LogP contribution in [0.2, 0.25) is 14.8 Å². The molecule has 0 N–H and O–H groups in total. The topological polar surface area (TPSA) is 17.8 Å². The number of aromatic nitrogens is 2. The Morgan fingerprint density at radius 1 is 1.14 bits per heavy atom. The van der Waals surface area contributed by atoms with Crippen molar-refractivity contribution in [2.45, 2.75) is 14.8 Å². The molecular weight excluding hydrogens is 279 g/mol. The van der Waals surface area contributed by atoms with Crippen LogP contribution in [0.25, 0.3) is 11.0 Å². The third-order valence-electron chi connectivity index (χ3n) is 2.46. The van der Waals surface area contributed by atoms with Gasteiger partial charge >= 0.3 is 88.9 Å². The van der Waals surface area contributed by atoms with Gasteiger partial charge in [-0.3, -0.25) is 0 Å². The Hall–Kier alpha value is -0.511. The SMILES string of the molecule is Cn1[c]([Sn]([CH3])([CH3])[CH3])nc2ccccc21. The summed E-state index contributed by atoms with van der Waals surface area (Å²) in [5.74, 6) is 0. The average Bonchev–Trinajstić information content (AvgIpc) is 2.44. The number of aryl methyl sites for hydroxylation is 1. The van der Waals surface area contributed by atoms with Gasteiger partial charge in [-0.15, -0.1) is 0 Å². The molecule has 0 atom stereocenters. The van der Waals surface area contributed by atoms with E-state index in [0.717, 1.165) is 5.52 Å². The third-order valence-corrected chi connectivity index (χ3v) is 7.56. The van der Waals surface area contributed by atoms with Crippen LogP contribution in [0.1, 0.15) is 0 Å². The fraction of sp³-hybridized carbons (Fsp3) is 0.364. The zero-order valence-corrected chi connectivity index (χ0v) is 12.1. The second kappa shape index (κ2) is 3.26. The molecule has 0 amide bonds. The Kier molecular flexibility index (Phi) is 2.33. The molecule has 0 fully saturated rings. The van der Waals surface area contributed by atoms with E-state index in [4.69, 9.17) is 4.98 Å². The summed E-state index contributed by atoms with van der Waals surface area (Å²) in [6.45, 7) is 0. The Bertz CT molecular complexity index is 466. The standard InChI is InChI=1S/C8H7N2.3CH3.Sn/c1-10-6-9-7-4-2-3-5-8(7)10;;;;/h2-5H,1H3;3*1H3;. The second-order valence-corrected chi connectivity index (χ2v) is 18.9. The summed E-state index contributed by atoms with van der Waals surface area (Å²) in [7, 11) is 2.13. The summed E-state index contributed by atoms with van der Waals surface area (Å²) < 4.78 is 3.62. The van der Waals surface area contributed by atoms with Crippen LogP contribution in [0.4, 0.5) is 0 Å². The zero-order valence-electron chi connectivity index (χ0n) is 9.20. The number of hydrogen-bond donors (Lipinski definition) is 0. The molecule has 0 aliphatic rings. The predicted molar refractivity (Wildman–Crippen MR) is 63.7 cm³/mol. The first kappa shape index (κ1) is 10.0. The van der Waals surface area contributed by atoms with E-state index in [1.165, 1.54) is 9.36 Å². The van der Waals surface area contributed by atoms with Crippen LogP contribution in [0.15, 0.2) is 24.3 Å². The molecule has 14 heavy (non-hydrogen) atoms. The van der Waals surface area contributed by atoms with Gasteiger partial charge in [-0.1, -0.05) is 0 Å². The second-order valence-electron chi connectivity index (χ2n) is 4.73. The van der Waals surface area contributed by atoms with Crippen LogP contribution in [0.3, 0.4) is 0 Å². The molecule has 0 aliphatic heterocycles. The number of imidazole rings is 1. The van der Waals surface area contributed by atoms with Gasteiger partial charge in [-0.2, -0.15) is 0 Å². The van der Waals surface area contributed by atoms with Gasteiger partial charge in [0.15, 0.2) is 0 Å². The molecule has 3 heteroatoms. The fourth-order valence-electron chi connectivity index (χ4n) is 1.82. The minimum absolute atomic E-state index is 1.14. The van der Waals surface area contributed by atoms with Crippen LogP contribution in [0.5, 0.6) is 0 Å². The minimum atomic E-state index is -2.03. The first-order chi connectivity index (χ1) is 6.50. The van der Waals surface area contributed by atoms with Crippen molar-refractivity contribution >= 4 is 33.3 Å². The van der Waals surface area contributed by atoms with Crippen molar-refractivity contribution in [3.8, 4) is 0 Å². The number of benzene rings is 1. The molecule has 0 saturated heterocycles. The Morgan fingerprint density at radius 2 is 1.79 bits per heavy atom. The van der Waals surface area contributed by atoms with Gasteiger partial charge in [-0.25, -0.2) is 0 Å². The van der Waals surface area contributed by atoms with E-state index in [1.807, 2.05) is 0 Å². The molecule has 1 heterocycles. The molecule has 1 aromatic carbocycles. The first-order valence-corrected chi connectivity index (χ1v) is 14.9. The molecule has 0 aliphatic carbocycles. The van der Waals surface area contributed by atoms with Gasteiger partial charge in [0.25, 0.3) is 0 Å². The van der Waals surface area contributed by atoms with Crippen molar-refractivity contribution in [1.29, 1.82) is 0 Å². The molecular formula is C11H16N2Sn. The van der Waals surface area contributed by atoms with E-state index in [1.54, 1.807) is 0 Å². The maximum absolute atomic E-state index is 4.74. The van der Waals surface area contributed by atoms with Crippen molar-refractivity contribution in [3.05, 3.63) is 24.3 Å². The van der Waals surface area contributed by atoms with E-state index in [2.05, 4.69) is 50.7 Å². The maximum atomic E-state index is 4.74. The molecule has 0 radical (unpaired) electrons. The number of rotatable bonds is 1. The number of nitrogens with zero attached hydrogens (tertiary/aromatic N) is 2. The van der Waals surface area contributed by atoms with E-state index >= 15 is 0 Å². The molecule has 74 valence electrons. The Balaban J connectivity index is 2.75. The normalized spacial score (nSPS) is 12.3. The van der Waals surface area contributed by atoms with Gasteiger partial charge in [0.1, 0.15) is 0 Å². The van der Waals surface area contributed by atoms with Crippen LogP contribution in [-0.4, -0.2) is 27.9 Å². The van der Waals surface area contributed by atoms with Crippen LogP contribution < -0.4 is 3.84 Å². The van der Waals surface area contributed by atoms with Gasteiger partial charge in [0.05, 0.1) is 0 Å².